The number of carboxylic acids is 1. The van der Waals surface area contributed by atoms with E-state index in [1.807, 2.05) is 0 Å². The highest BCUT2D eigenvalue weighted by Gasteiger charge is 2.34. The van der Waals surface area contributed by atoms with Gasteiger partial charge in [0.15, 0.2) is 18.2 Å². The summed E-state index contributed by atoms with van der Waals surface area (Å²) in [6.45, 7) is 1.01. The van der Waals surface area contributed by atoms with Crippen LogP contribution in [0.3, 0.4) is 0 Å². The fourth-order valence-electron chi connectivity index (χ4n) is 2.67. The van der Waals surface area contributed by atoms with E-state index in [-0.39, 0.29) is 10.6 Å². The maximum Gasteiger partial charge on any atom is 0.341 e. The Kier molecular flexibility index (Phi) is 4.84. The number of carbonyl (C=O) groups is 1. The number of ether oxygens (including phenoxy) is 2. The van der Waals surface area contributed by atoms with Crippen LogP contribution in [0.25, 0.3) is 0 Å². The molecule has 2 N–H and O–H groups in total. The highest BCUT2D eigenvalue weighted by atomic mass is 32.2. The number of hydrogen-bond acceptors (Lipinski definition) is 5. The zero-order valence-electron chi connectivity index (χ0n) is 13.7. The van der Waals surface area contributed by atoms with E-state index in [9.17, 15) is 17.6 Å². The number of hydrogen-bond donors (Lipinski definition) is 2. The van der Waals surface area contributed by atoms with Gasteiger partial charge in [0.2, 0.25) is 10.0 Å². The zero-order valence-corrected chi connectivity index (χ0v) is 14.5. The Balaban J connectivity index is 1.83. The van der Waals surface area contributed by atoms with Crippen LogP contribution in [-0.2, 0) is 14.8 Å². The average Bonchev–Trinajstić information content (AvgIpc) is 2.89. The van der Waals surface area contributed by atoms with Gasteiger partial charge in [-0.15, -0.1) is 0 Å². The van der Waals surface area contributed by atoms with Crippen molar-refractivity contribution in [2.24, 2.45) is 0 Å². The molecule has 0 aromatic heterocycles. The summed E-state index contributed by atoms with van der Waals surface area (Å²) in [6, 6.07) is 9.46. The van der Waals surface area contributed by atoms with Crippen molar-refractivity contribution >= 4 is 16.0 Å². The van der Waals surface area contributed by atoms with Crippen molar-refractivity contribution in [2.75, 3.05) is 6.61 Å². The number of rotatable bonds is 6. The number of aliphatic carboxylic acids is 1. The molecule has 1 aliphatic rings. The Bertz CT molecular complexity index is 946. The summed E-state index contributed by atoms with van der Waals surface area (Å²) in [5.41, 5.74) is 0.699. The quantitative estimate of drug-likeness (QED) is 0.794. The number of halogens is 1. The molecule has 2 atom stereocenters. The highest BCUT2D eigenvalue weighted by molar-refractivity contribution is 7.89. The molecule has 0 amide bonds. The Morgan fingerprint density at radius 3 is 2.73 bits per heavy atom. The van der Waals surface area contributed by atoms with Gasteiger partial charge in [0.1, 0.15) is 11.9 Å². The van der Waals surface area contributed by atoms with Crippen molar-refractivity contribution in [3.8, 4) is 11.5 Å². The molecule has 0 saturated carbocycles. The lowest BCUT2D eigenvalue weighted by Crippen LogP contribution is -2.34. The molecule has 1 aliphatic heterocycles. The number of nitrogens with one attached hydrogen (secondary N) is 1. The Morgan fingerprint density at radius 2 is 2.04 bits per heavy atom. The number of para-hydroxylation sites is 1. The number of fused-ring (bicyclic) bond motifs is 1. The molecular weight excluding hydrogens is 365 g/mol. The normalized spacial score (nSPS) is 18.8. The monoisotopic (exact) mass is 381 g/mol. The zero-order chi connectivity index (χ0) is 18.9. The van der Waals surface area contributed by atoms with E-state index >= 15 is 0 Å². The lowest BCUT2D eigenvalue weighted by Gasteiger charge is -2.17. The van der Waals surface area contributed by atoms with Crippen LogP contribution in [0.4, 0.5) is 4.39 Å². The first-order chi connectivity index (χ1) is 12.3. The van der Waals surface area contributed by atoms with Gasteiger partial charge in [-0.25, -0.2) is 17.6 Å². The fourth-order valence-corrected chi connectivity index (χ4v) is 3.96. The SMILES string of the molecule is CC1Oc2ccccc2C1NS(=O)(=O)c1ccc(OCC(=O)O)c(F)c1. The van der Waals surface area contributed by atoms with Gasteiger partial charge < -0.3 is 14.6 Å². The maximum absolute atomic E-state index is 14.0. The van der Waals surface area contributed by atoms with Crippen LogP contribution in [-0.4, -0.2) is 32.2 Å². The molecule has 26 heavy (non-hydrogen) atoms. The van der Waals surface area contributed by atoms with Crippen LogP contribution in [0.1, 0.15) is 18.5 Å². The second kappa shape index (κ2) is 6.93. The molecule has 138 valence electrons. The molecule has 0 bridgehead atoms. The summed E-state index contributed by atoms with van der Waals surface area (Å²) in [5.74, 6) is -1.98. The summed E-state index contributed by atoms with van der Waals surface area (Å²) in [6.07, 6.45) is -0.426. The van der Waals surface area contributed by atoms with Gasteiger partial charge in [-0.1, -0.05) is 18.2 Å². The number of carboxylic acid groups (broad SMARTS) is 1. The van der Waals surface area contributed by atoms with Gasteiger partial charge in [0, 0.05) is 5.56 Å². The molecule has 2 aromatic carbocycles. The Labute approximate surface area is 149 Å². The average molecular weight is 381 g/mol. The number of sulfonamides is 1. The second-order valence-corrected chi connectivity index (χ2v) is 7.45. The molecule has 2 aromatic rings. The molecule has 3 rings (SSSR count). The van der Waals surface area contributed by atoms with Crippen molar-refractivity contribution in [1.82, 2.24) is 4.72 Å². The van der Waals surface area contributed by atoms with Crippen LogP contribution in [0.15, 0.2) is 47.4 Å². The van der Waals surface area contributed by atoms with Crippen molar-refractivity contribution < 1.29 is 32.2 Å². The minimum atomic E-state index is -4.03. The third-order valence-corrected chi connectivity index (χ3v) is 5.32. The van der Waals surface area contributed by atoms with Crippen LogP contribution in [0.2, 0.25) is 0 Å². The van der Waals surface area contributed by atoms with Crippen molar-refractivity contribution in [2.45, 2.75) is 24.0 Å². The molecule has 9 heteroatoms. The molecule has 2 unspecified atom stereocenters. The summed E-state index contributed by atoms with van der Waals surface area (Å²) in [4.78, 5) is 10.2. The van der Waals surface area contributed by atoms with Crippen molar-refractivity contribution in [1.29, 1.82) is 0 Å². The first kappa shape index (κ1) is 18.2. The van der Waals surface area contributed by atoms with E-state index in [0.717, 1.165) is 18.2 Å². The largest absolute Gasteiger partial charge is 0.488 e. The maximum atomic E-state index is 14.0. The summed E-state index contributed by atoms with van der Waals surface area (Å²) in [7, 11) is -4.03. The first-order valence-corrected chi connectivity index (χ1v) is 9.18. The second-order valence-electron chi connectivity index (χ2n) is 5.73. The van der Waals surface area contributed by atoms with Crippen molar-refractivity contribution in [3.63, 3.8) is 0 Å². The molecule has 0 spiro atoms. The van der Waals surface area contributed by atoms with E-state index in [4.69, 9.17) is 14.6 Å². The number of benzene rings is 2. The Hall–Kier alpha value is -2.65. The van der Waals surface area contributed by atoms with E-state index in [0.29, 0.717) is 11.3 Å². The van der Waals surface area contributed by atoms with Crippen molar-refractivity contribution in [3.05, 3.63) is 53.8 Å². The minimum absolute atomic E-state index is 0.297. The van der Waals surface area contributed by atoms with Gasteiger partial charge in [0.05, 0.1) is 10.9 Å². The van der Waals surface area contributed by atoms with Crippen LogP contribution >= 0.6 is 0 Å². The summed E-state index contributed by atoms with van der Waals surface area (Å²) in [5, 5.41) is 8.55. The molecule has 1 heterocycles. The minimum Gasteiger partial charge on any atom is -0.488 e. The van der Waals surface area contributed by atoms with E-state index in [2.05, 4.69) is 4.72 Å². The van der Waals surface area contributed by atoms with E-state index < -0.39 is 40.6 Å². The van der Waals surface area contributed by atoms with Gasteiger partial charge >= 0.3 is 5.97 Å². The predicted octanol–water partition coefficient (Wildman–Crippen LogP) is 2.09. The molecule has 7 nitrogen and oxygen atoms in total. The van der Waals surface area contributed by atoms with Gasteiger partial charge in [-0.2, -0.15) is 4.72 Å². The fraction of sp³-hybridized carbons (Fsp3) is 0.235. The summed E-state index contributed by atoms with van der Waals surface area (Å²) < 4.78 is 52.1. The summed E-state index contributed by atoms with van der Waals surface area (Å²) >= 11 is 0. The third-order valence-electron chi connectivity index (χ3n) is 3.88. The van der Waals surface area contributed by atoms with Gasteiger partial charge in [-0.3, -0.25) is 0 Å². The molecule has 0 aliphatic carbocycles. The molecule has 0 saturated heterocycles. The van der Waals surface area contributed by atoms with Gasteiger partial charge in [-0.05, 0) is 31.2 Å². The van der Waals surface area contributed by atoms with Crippen LogP contribution in [0.5, 0.6) is 11.5 Å². The topological polar surface area (TPSA) is 102 Å². The molecule has 0 fully saturated rings. The van der Waals surface area contributed by atoms with Crippen LogP contribution in [0, 0.1) is 5.82 Å². The lowest BCUT2D eigenvalue weighted by molar-refractivity contribution is -0.139. The third kappa shape index (κ3) is 3.63. The van der Waals surface area contributed by atoms with E-state index in [1.54, 1.807) is 31.2 Å². The Morgan fingerprint density at radius 1 is 1.31 bits per heavy atom. The molecular formula is C17H16FNO6S. The predicted molar refractivity (Wildman–Crippen MR) is 89.1 cm³/mol. The van der Waals surface area contributed by atoms with E-state index in [1.165, 1.54) is 0 Å². The standard InChI is InChI=1S/C17H16FNO6S/c1-10-17(12-4-2-3-5-14(12)25-10)19-26(22,23)11-6-7-15(13(18)8-11)24-9-16(20)21/h2-8,10,17,19H,9H2,1H3,(H,20,21). The smallest absolute Gasteiger partial charge is 0.341 e. The van der Waals surface area contributed by atoms with Gasteiger partial charge in [0.25, 0.3) is 0 Å². The van der Waals surface area contributed by atoms with Crippen LogP contribution < -0.4 is 14.2 Å². The lowest BCUT2D eigenvalue weighted by atomic mass is 10.1. The molecule has 0 radical (unpaired) electrons. The highest BCUT2D eigenvalue weighted by Crippen LogP contribution is 2.37. The first-order valence-electron chi connectivity index (χ1n) is 7.70.